The first-order chi connectivity index (χ1) is 9.16. The predicted octanol–water partition coefficient (Wildman–Crippen LogP) is 3.92. The number of nitrogens with one attached hydrogen (secondary N) is 1. The van der Waals surface area contributed by atoms with Crippen molar-refractivity contribution >= 4 is 5.69 Å². The summed E-state index contributed by atoms with van der Waals surface area (Å²) in [5.41, 5.74) is 2.62. The Hall–Kier alpha value is -1.02. The number of nitrogens with zero attached hydrogens (tertiary/aromatic N) is 1. The highest BCUT2D eigenvalue weighted by molar-refractivity contribution is 5.50. The summed E-state index contributed by atoms with van der Waals surface area (Å²) >= 11 is 0. The second-order valence-electron chi connectivity index (χ2n) is 6.19. The number of anilines is 1. The van der Waals surface area contributed by atoms with E-state index in [9.17, 15) is 0 Å². The molecule has 0 radical (unpaired) electrons. The molecule has 1 aromatic carbocycles. The van der Waals surface area contributed by atoms with E-state index in [1.54, 1.807) is 0 Å². The number of aryl methyl sites for hydroxylation is 1. The van der Waals surface area contributed by atoms with E-state index in [4.69, 9.17) is 0 Å². The van der Waals surface area contributed by atoms with Gasteiger partial charge in [-0.2, -0.15) is 0 Å². The lowest BCUT2D eigenvalue weighted by molar-refractivity contribution is 0.257. The summed E-state index contributed by atoms with van der Waals surface area (Å²) < 4.78 is 0. The predicted molar refractivity (Wildman–Crippen MR) is 83.7 cm³/mol. The van der Waals surface area contributed by atoms with Gasteiger partial charge in [0.1, 0.15) is 0 Å². The van der Waals surface area contributed by atoms with Gasteiger partial charge in [0.2, 0.25) is 0 Å². The van der Waals surface area contributed by atoms with Crippen molar-refractivity contribution in [2.75, 3.05) is 25.0 Å². The molecule has 2 nitrogen and oxygen atoms in total. The average Bonchev–Trinajstić information content (AvgIpc) is 3.19. The van der Waals surface area contributed by atoms with Gasteiger partial charge < -0.3 is 5.32 Å². The van der Waals surface area contributed by atoms with Crippen LogP contribution in [0.1, 0.15) is 38.7 Å². The minimum absolute atomic E-state index is 0.811. The number of hydrogen-bond donors (Lipinski definition) is 1. The molecule has 0 unspecified atom stereocenters. The Morgan fingerprint density at radius 2 is 1.95 bits per heavy atom. The molecular weight excluding hydrogens is 232 g/mol. The molecule has 0 atom stereocenters. The zero-order valence-electron chi connectivity index (χ0n) is 12.7. The van der Waals surface area contributed by atoms with E-state index in [1.165, 1.54) is 43.6 Å². The Bertz CT molecular complexity index is 383. The van der Waals surface area contributed by atoms with Crippen molar-refractivity contribution in [1.29, 1.82) is 0 Å². The van der Waals surface area contributed by atoms with Crippen molar-refractivity contribution < 1.29 is 0 Å². The number of para-hydroxylation sites is 1. The normalized spacial score (nSPS) is 15.2. The third kappa shape index (κ3) is 4.87. The molecule has 0 bridgehead atoms. The van der Waals surface area contributed by atoms with E-state index in [2.05, 4.69) is 55.3 Å². The van der Waals surface area contributed by atoms with Gasteiger partial charge in [-0.3, -0.25) is 4.90 Å². The summed E-state index contributed by atoms with van der Waals surface area (Å²) in [7, 11) is 0. The van der Waals surface area contributed by atoms with Crippen LogP contribution >= 0.6 is 0 Å². The van der Waals surface area contributed by atoms with Crippen LogP contribution in [0.2, 0.25) is 0 Å². The summed E-state index contributed by atoms with van der Waals surface area (Å²) in [5.74, 6) is 0.811. The third-order valence-corrected chi connectivity index (χ3v) is 3.92. The lowest BCUT2D eigenvalue weighted by Crippen LogP contribution is -2.32. The van der Waals surface area contributed by atoms with Crippen LogP contribution in [0.25, 0.3) is 0 Å². The topological polar surface area (TPSA) is 15.3 Å². The molecule has 1 aromatic rings. The minimum Gasteiger partial charge on any atom is -0.384 e. The van der Waals surface area contributed by atoms with Gasteiger partial charge >= 0.3 is 0 Å². The quantitative estimate of drug-likeness (QED) is 0.762. The Morgan fingerprint density at radius 3 is 2.58 bits per heavy atom. The molecule has 0 amide bonds. The zero-order valence-corrected chi connectivity index (χ0v) is 12.7. The van der Waals surface area contributed by atoms with E-state index in [0.29, 0.717) is 0 Å². The van der Waals surface area contributed by atoms with E-state index >= 15 is 0 Å². The van der Waals surface area contributed by atoms with Gasteiger partial charge in [-0.15, -0.1) is 0 Å². The van der Waals surface area contributed by atoms with E-state index in [-0.39, 0.29) is 0 Å². The van der Waals surface area contributed by atoms with Gasteiger partial charge in [-0.1, -0.05) is 32.0 Å². The van der Waals surface area contributed by atoms with E-state index in [1.807, 2.05) is 0 Å². The second kappa shape index (κ2) is 6.95. The Kier molecular flexibility index (Phi) is 5.26. The van der Waals surface area contributed by atoms with Crippen molar-refractivity contribution in [2.45, 2.75) is 46.1 Å². The summed E-state index contributed by atoms with van der Waals surface area (Å²) in [5, 5.41) is 3.57. The fourth-order valence-electron chi connectivity index (χ4n) is 2.45. The molecule has 106 valence electrons. The molecular formula is C17H28N2. The van der Waals surface area contributed by atoms with Gasteiger partial charge in [-0.05, 0) is 50.3 Å². The molecule has 1 fully saturated rings. The maximum atomic E-state index is 3.57. The summed E-state index contributed by atoms with van der Waals surface area (Å²) in [4.78, 5) is 2.67. The van der Waals surface area contributed by atoms with Crippen LogP contribution < -0.4 is 5.32 Å². The van der Waals surface area contributed by atoms with Crippen LogP contribution in [0.5, 0.6) is 0 Å². The molecule has 1 saturated carbocycles. The van der Waals surface area contributed by atoms with E-state index in [0.717, 1.165) is 18.5 Å². The van der Waals surface area contributed by atoms with Crippen molar-refractivity contribution in [3.8, 4) is 0 Å². The molecule has 2 rings (SSSR count). The first-order valence-electron chi connectivity index (χ1n) is 7.70. The molecule has 0 heterocycles. The molecule has 1 N–H and O–H groups in total. The van der Waals surface area contributed by atoms with Gasteiger partial charge in [0.25, 0.3) is 0 Å². The maximum Gasteiger partial charge on any atom is 0.0370 e. The lowest BCUT2D eigenvalue weighted by Gasteiger charge is -2.23. The fraction of sp³-hybridized carbons (Fsp3) is 0.647. The molecule has 2 heteroatoms. The van der Waals surface area contributed by atoms with Crippen molar-refractivity contribution in [2.24, 2.45) is 5.92 Å². The highest BCUT2D eigenvalue weighted by Gasteiger charge is 2.28. The molecule has 0 saturated heterocycles. The summed E-state index contributed by atoms with van der Waals surface area (Å²) in [6.45, 7) is 10.3. The van der Waals surface area contributed by atoms with Crippen LogP contribution in [0.15, 0.2) is 24.3 Å². The van der Waals surface area contributed by atoms with Crippen LogP contribution in [-0.2, 0) is 0 Å². The maximum absolute atomic E-state index is 3.57. The highest BCUT2D eigenvalue weighted by Crippen LogP contribution is 2.27. The van der Waals surface area contributed by atoms with Crippen LogP contribution in [0.4, 0.5) is 5.69 Å². The summed E-state index contributed by atoms with van der Waals surface area (Å²) in [6.07, 6.45) is 4.13. The second-order valence-corrected chi connectivity index (χ2v) is 6.19. The molecule has 0 spiro atoms. The molecule has 0 aromatic heterocycles. The fourth-order valence-corrected chi connectivity index (χ4v) is 2.45. The molecule has 1 aliphatic rings. The van der Waals surface area contributed by atoms with E-state index < -0.39 is 0 Å². The van der Waals surface area contributed by atoms with Crippen LogP contribution in [-0.4, -0.2) is 30.6 Å². The number of rotatable bonds is 8. The Labute approximate surface area is 118 Å². The molecule has 1 aliphatic carbocycles. The Balaban J connectivity index is 1.74. The van der Waals surface area contributed by atoms with Crippen LogP contribution in [0.3, 0.4) is 0 Å². The smallest absolute Gasteiger partial charge is 0.0370 e. The highest BCUT2D eigenvalue weighted by atomic mass is 15.2. The lowest BCUT2D eigenvalue weighted by atomic mass is 10.1. The van der Waals surface area contributed by atoms with Crippen LogP contribution in [0, 0.1) is 12.8 Å². The first kappa shape index (κ1) is 14.4. The number of benzene rings is 1. The van der Waals surface area contributed by atoms with Gasteiger partial charge in [-0.25, -0.2) is 0 Å². The third-order valence-electron chi connectivity index (χ3n) is 3.92. The van der Waals surface area contributed by atoms with Gasteiger partial charge in [0, 0.05) is 24.8 Å². The standard InChI is InChI=1S/C17H28N2/c1-14(2)10-12-19(16-8-9-16)13-11-18-17-7-5-4-6-15(17)3/h4-7,14,16,18H,8-13H2,1-3H3. The SMILES string of the molecule is Cc1ccccc1NCCN(CCC(C)C)C1CC1. The van der Waals surface area contributed by atoms with Crippen molar-refractivity contribution in [3.63, 3.8) is 0 Å². The average molecular weight is 260 g/mol. The number of hydrogen-bond acceptors (Lipinski definition) is 2. The largest absolute Gasteiger partial charge is 0.384 e. The minimum atomic E-state index is 0.811. The molecule has 19 heavy (non-hydrogen) atoms. The molecule has 0 aliphatic heterocycles. The van der Waals surface area contributed by atoms with Gasteiger partial charge in [0.05, 0.1) is 0 Å². The van der Waals surface area contributed by atoms with Gasteiger partial charge in [0.15, 0.2) is 0 Å². The zero-order chi connectivity index (χ0) is 13.7. The van der Waals surface area contributed by atoms with Crippen molar-refractivity contribution in [1.82, 2.24) is 4.90 Å². The Morgan fingerprint density at radius 1 is 1.21 bits per heavy atom. The van der Waals surface area contributed by atoms with Crippen molar-refractivity contribution in [3.05, 3.63) is 29.8 Å². The summed E-state index contributed by atoms with van der Waals surface area (Å²) in [6, 6.07) is 9.41. The first-order valence-corrected chi connectivity index (χ1v) is 7.70. The monoisotopic (exact) mass is 260 g/mol.